The molecule has 0 saturated carbocycles. The molecule has 0 unspecified atom stereocenters. The Morgan fingerprint density at radius 1 is 1.00 bits per heavy atom. The van der Waals surface area contributed by atoms with Crippen LogP contribution in [0.3, 0.4) is 0 Å². The van der Waals surface area contributed by atoms with Gasteiger partial charge in [0.1, 0.15) is 0 Å². The minimum absolute atomic E-state index is 1.16. The SMILES string of the molecule is CSc1c[c]c(-c2ccccc2)cc1. The quantitative estimate of drug-likeness (QED) is 0.661. The summed E-state index contributed by atoms with van der Waals surface area (Å²) < 4.78 is 0. The first-order chi connectivity index (χ1) is 6.90. The summed E-state index contributed by atoms with van der Waals surface area (Å²) in [6, 6.07) is 19.9. The Kier molecular flexibility index (Phi) is 2.90. The van der Waals surface area contributed by atoms with Crippen LogP contribution in [0, 0.1) is 6.07 Å². The monoisotopic (exact) mass is 199 g/mol. The Bertz CT molecular complexity index is 389. The number of hydrogen-bond acceptors (Lipinski definition) is 1. The normalized spacial score (nSPS) is 10.1. The summed E-state index contributed by atoms with van der Waals surface area (Å²) in [5, 5.41) is 0. The lowest BCUT2D eigenvalue weighted by molar-refractivity contribution is 1.45. The van der Waals surface area contributed by atoms with Gasteiger partial charge < -0.3 is 0 Å². The summed E-state index contributed by atoms with van der Waals surface area (Å²) in [4.78, 5) is 1.25. The fraction of sp³-hybridized carbons (Fsp3) is 0.0769. The molecule has 0 aliphatic rings. The van der Waals surface area contributed by atoms with Crippen molar-refractivity contribution >= 4 is 11.8 Å². The minimum atomic E-state index is 1.16. The maximum atomic E-state index is 3.28. The maximum Gasteiger partial charge on any atom is 0.00757 e. The molecule has 14 heavy (non-hydrogen) atoms. The fourth-order valence-electron chi connectivity index (χ4n) is 1.33. The Labute approximate surface area is 89.0 Å². The van der Waals surface area contributed by atoms with Crippen molar-refractivity contribution in [2.75, 3.05) is 6.26 Å². The molecule has 2 aromatic carbocycles. The van der Waals surface area contributed by atoms with Gasteiger partial charge >= 0.3 is 0 Å². The highest BCUT2D eigenvalue weighted by Crippen LogP contribution is 2.21. The number of thioether (sulfide) groups is 1. The topological polar surface area (TPSA) is 0 Å². The van der Waals surface area contributed by atoms with Gasteiger partial charge in [-0.1, -0.05) is 36.4 Å². The minimum Gasteiger partial charge on any atom is -0.130 e. The van der Waals surface area contributed by atoms with Crippen molar-refractivity contribution in [1.29, 1.82) is 0 Å². The van der Waals surface area contributed by atoms with E-state index in [9.17, 15) is 0 Å². The van der Waals surface area contributed by atoms with Gasteiger partial charge in [-0.05, 0) is 35.6 Å². The van der Waals surface area contributed by atoms with Gasteiger partial charge in [0.2, 0.25) is 0 Å². The van der Waals surface area contributed by atoms with Crippen molar-refractivity contribution in [3.05, 3.63) is 54.6 Å². The molecule has 0 bridgehead atoms. The molecule has 2 aromatic rings. The summed E-state index contributed by atoms with van der Waals surface area (Å²) in [5.74, 6) is 0. The lowest BCUT2D eigenvalue weighted by Gasteiger charge is -2.01. The maximum absolute atomic E-state index is 3.28. The zero-order valence-electron chi connectivity index (χ0n) is 8.03. The van der Waals surface area contributed by atoms with Crippen LogP contribution in [0.2, 0.25) is 0 Å². The van der Waals surface area contributed by atoms with E-state index in [0.29, 0.717) is 0 Å². The largest absolute Gasteiger partial charge is 0.130 e. The molecule has 69 valence electrons. The van der Waals surface area contributed by atoms with E-state index in [2.05, 4.69) is 36.6 Å². The molecule has 0 spiro atoms. The summed E-state index contributed by atoms with van der Waals surface area (Å²) in [5.41, 5.74) is 2.38. The highest BCUT2D eigenvalue weighted by atomic mass is 32.2. The molecular weight excluding hydrogens is 188 g/mol. The summed E-state index contributed by atoms with van der Waals surface area (Å²) in [6.45, 7) is 0. The zero-order chi connectivity index (χ0) is 9.80. The van der Waals surface area contributed by atoms with Crippen LogP contribution in [-0.2, 0) is 0 Å². The second kappa shape index (κ2) is 4.34. The third-order valence-electron chi connectivity index (χ3n) is 2.10. The van der Waals surface area contributed by atoms with Crippen LogP contribution in [0.15, 0.2) is 53.4 Å². The standard InChI is InChI=1S/C13H11S/c1-14-13-9-7-12(8-10-13)11-5-3-2-4-6-11/h2-7,9-10H,1H3. The molecule has 0 amide bonds. The van der Waals surface area contributed by atoms with E-state index in [1.54, 1.807) is 11.8 Å². The predicted molar refractivity (Wildman–Crippen MR) is 62.5 cm³/mol. The van der Waals surface area contributed by atoms with E-state index in [1.165, 1.54) is 10.5 Å². The van der Waals surface area contributed by atoms with Crippen molar-refractivity contribution in [2.45, 2.75) is 4.90 Å². The van der Waals surface area contributed by atoms with Crippen molar-refractivity contribution in [2.24, 2.45) is 0 Å². The number of rotatable bonds is 2. The van der Waals surface area contributed by atoms with E-state index >= 15 is 0 Å². The zero-order valence-corrected chi connectivity index (χ0v) is 8.84. The van der Waals surface area contributed by atoms with Crippen LogP contribution in [0.1, 0.15) is 0 Å². The van der Waals surface area contributed by atoms with Gasteiger partial charge in [0, 0.05) is 4.90 Å². The molecule has 0 aliphatic heterocycles. The second-order valence-corrected chi connectivity index (χ2v) is 3.89. The van der Waals surface area contributed by atoms with Crippen LogP contribution >= 0.6 is 11.8 Å². The van der Waals surface area contributed by atoms with Gasteiger partial charge in [-0.15, -0.1) is 11.8 Å². The molecular formula is C13H11S. The molecule has 0 fully saturated rings. The average molecular weight is 199 g/mol. The van der Waals surface area contributed by atoms with Crippen molar-refractivity contribution in [3.63, 3.8) is 0 Å². The van der Waals surface area contributed by atoms with E-state index < -0.39 is 0 Å². The first kappa shape index (κ1) is 9.35. The molecule has 1 radical (unpaired) electrons. The molecule has 1 heteroatoms. The molecule has 2 rings (SSSR count). The molecule has 0 aromatic heterocycles. The van der Waals surface area contributed by atoms with Crippen LogP contribution in [0.5, 0.6) is 0 Å². The highest BCUT2D eigenvalue weighted by molar-refractivity contribution is 7.98. The molecule has 0 nitrogen and oxygen atoms in total. The third kappa shape index (κ3) is 1.99. The van der Waals surface area contributed by atoms with Gasteiger partial charge in [-0.2, -0.15) is 0 Å². The molecule has 0 aliphatic carbocycles. The van der Waals surface area contributed by atoms with Crippen molar-refractivity contribution < 1.29 is 0 Å². The lowest BCUT2D eigenvalue weighted by Crippen LogP contribution is -1.77. The Balaban J connectivity index is 2.34. The van der Waals surface area contributed by atoms with Gasteiger partial charge in [0.05, 0.1) is 0 Å². The Morgan fingerprint density at radius 2 is 1.79 bits per heavy atom. The van der Waals surface area contributed by atoms with Gasteiger partial charge in [0.15, 0.2) is 0 Å². The molecule has 0 heterocycles. The lowest BCUT2D eigenvalue weighted by atomic mass is 10.1. The summed E-state index contributed by atoms with van der Waals surface area (Å²) >= 11 is 1.74. The van der Waals surface area contributed by atoms with Crippen LogP contribution in [-0.4, -0.2) is 6.26 Å². The predicted octanol–water partition coefficient (Wildman–Crippen LogP) is 3.88. The van der Waals surface area contributed by atoms with Gasteiger partial charge in [0.25, 0.3) is 0 Å². The second-order valence-electron chi connectivity index (χ2n) is 3.01. The summed E-state index contributed by atoms with van der Waals surface area (Å²) in [7, 11) is 0. The van der Waals surface area contributed by atoms with E-state index in [1.807, 2.05) is 24.3 Å². The number of benzene rings is 2. The molecule has 0 saturated heterocycles. The first-order valence-electron chi connectivity index (χ1n) is 4.51. The van der Waals surface area contributed by atoms with E-state index in [4.69, 9.17) is 0 Å². The Hall–Kier alpha value is -1.21. The van der Waals surface area contributed by atoms with Crippen molar-refractivity contribution in [3.8, 4) is 11.1 Å². The fourth-order valence-corrected chi connectivity index (χ4v) is 1.72. The smallest absolute Gasteiger partial charge is 0.00757 e. The van der Waals surface area contributed by atoms with Gasteiger partial charge in [-0.25, -0.2) is 0 Å². The third-order valence-corrected chi connectivity index (χ3v) is 2.83. The molecule has 0 N–H and O–H groups in total. The highest BCUT2D eigenvalue weighted by Gasteiger charge is 1.96. The Morgan fingerprint density at radius 3 is 2.36 bits per heavy atom. The van der Waals surface area contributed by atoms with Gasteiger partial charge in [-0.3, -0.25) is 0 Å². The number of hydrogen-bond donors (Lipinski definition) is 0. The van der Waals surface area contributed by atoms with Crippen LogP contribution in [0.4, 0.5) is 0 Å². The van der Waals surface area contributed by atoms with E-state index in [-0.39, 0.29) is 0 Å². The first-order valence-corrected chi connectivity index (χ1v) is 5.74. The summed E-state index contributed by atoms with van der Waals surface area (Å²) in [6.07, 6.45) is 2.07. The van der Waals surface area contributed by atoms with E-state index in [0.717, 1.165) is 5.56 Å². The van der Waals surface area contributed by atoms with Crippen molar-refractivity contribution in [1.82, 2.24) is 0 Å². The average Bonchev–Trinajstić information content (AvgIpc) is 2.30. The molecule has 0 atom stereocenters. The van der Waals surface area contributed by atoms with Crippen LogP contribution < -0.4 is 0 Å². The van der Waals surface area contributed by atoms with Crippen LogP contribution in [0.25, 0.3) is 11.1 Å².